The summed E-state index contributed by atoms with van der Waals surface area (Å²) in [4.78, 5) is 6.92. The monoisotopic (exact) mass is 325 g/mol. The molecule has 1 N–H and O–H groups in total. The topological polar surface area (TPSA) is 37.4 Å². The average molecular weight is 325 g/mol. The van der Waals surface area contributed by atoms with Gasteiger partial charge in [-0.2, -0.15) is 0 Å². The van der Waals surface area contributed by atoms with Gasteiger partial charge in [-0.15, -0.1) is 0 Å². The third kappa shape index (κ3) is 4.48. The van der Waals surface area contributed by atoms with E-state index in [1.54, 1.807) is 0 Å². The van der Waals surface area contributed by atoms with E-state index in [1.807, 2.05) is 19.3 Å². The van der Waals surface area contributed by atoms with Crippen LogP contribution >= 0.6 is 0 Å². The van der Waals surface area contributed by atoms with Crippen molar-refractivity contribution in [2.24, 2.45) is 5.92 Å². The Bertz CT molecular complexity index is 642. The molecule has 0 bridgehead atoms. The normalized spacial score (nSPS) is 18.3. The molecular weight excluding hydrogens is 298 g/mol. The first-order valence-corrected chi connectivity index (χ1v) is 8.78. The van der Waals surface area contributed by atoms with E-state index >= 15 is 0 Å². The van der Waals surface area contributed by atoms with Crippen LogP contribution < -0.4 is 10.1 Å². The smallest absolute Gasteiger partial charge is 0.130 e. The Morgan fingerprint density at radius 1 is 1.25 bits per heavy atom. The minimum atomic E-state index is 0.592. The van der Waals surface area contributed by atoms with Gasteiger partial charge in [0.2, 0.25) is 0 Å². The molecule has 1 atom stereocenters. The van der Waals surface area contributed by atoms with Gasteiger partial charge in [0.1, 0.15) is 11.6 Å². The molecule has 24 heavy (non-hydrogen) atoms. The van der Waals surface area contributed by atoms with Crippen LogP contribution in [0.5, 0.6) is 5.75 Å². The number of nitrogens with zero attached hydrogens (tertiary/aromatic N) is 2. The van der Waals surface area contributed by atoms with Crippen molar-refractivity contribution < 1.29 is 4.74 Å². The highest BCUT2D eigenvalue weighted by Crippen LogP contribution is 2.22. The number of aromatic nitrogens is 1. The van der Waals surface area contributed by atoms with Crippen molar-refractivity contribution in [3.63, 3.8) is 0 Å². The number of benzene rings is 1. The lowest BCUT2D eigenvalue weighted by Gasteiger charge is -2.32. The molecule has 1 aliphatic heterocycles. The van der Waals surface area contributed by atoms with Gasteiger partial charge in [0.05, 0.1) is 6.61 Å². The molecule has 2 heterocycles. The molecule has 1 aromatic carbocycles. The maximum absolute atomic E-state index is 5.99. The first kappa shape index (κ1) is 16.8. The minimum Gasteiger partial charge on any atom is -0.493 e. The summed E-state index contributed by atoms with van der Waals surface area (Å²) in [6.45, 7) is 6.08. The van der Waals surface area contributed by atoms with Gasteiger partial charge in [-0.3, -0.25) is 4.90 Å². The predicted octanol–water partition coefficient (Wildman–Crippen LogP) is 3.72. The van der Waals surface area contributed by atoms with Gasteiger partial charge < -0.3 is 10.1 Å². The van der Waals surface area contributed by atoms with E-state index in [0.29, 0.717) is 5.92 Å². The molecule has 2 aromatic rings. The summed E-state index contributed by atoms with van der Waals surface area (Å²) in [6, 6.07) is 12.5. The van der Waals surface area contributed by atoms with Crippen molar-refractivity contribution in [2.45, 2.75) is 26.3 Å². The first-order chi connectivity index (χ1) is 11.7. The molecule has 0 amide bonds. The van der Waals surface area contributed by atoms with Crippen molar-refractivity contribution in [1.82, 2.24) is 9.88 Å². The number of likely N-dealkylation sites (tertiary alicyclic amines) is 1. The average Bonchev–Trinajstić information content (AvgIpc) is 2.62. The van der Waals surface area contributed by atoms with E-state index in [0.717, 1.165) is 37.8 Å². The van der Waals surface area contributed by atoms with Gasteiger partial charge in [-0.05, 0) is 44.5 Å². The van der Waals surface area contributed by atoms with Gasteiger partial charge in [-0.25, -0.2) is 4.98 Å². The number of aryl methyl sites for hydroxylation is 1. The van der Waals surface area contributed by atoms with E-state index in [-0.39, 0.29) is 0 Å². The fourth-order valence-electron chi connectivity index (χ4n) is 3.31. The summed E-state index contributed by atoms with van der Waals surface area (Å²) < 4.78 is 5.99. The van der Waals surface area contributed by atoms with Crippen LogP contribution in [0.4, 0.5) is 5.82 Å². The zero-order valence-electron chi connectivity index (χ0n) is 14.7. The van der Waals surface area contributed by atoms with E-state index in [4.69, 9.17) is 4.74 Å². The van der Waals surface area contributed by atoms with Gasteiger partial charge in [0, 0.05) is 37.8 Å². The zero-order chi connectivity index (χ0) is 16.8. The number of anilines is 1. The summed E-state index contributed by atoms with van der Waals surface area (Å²) in [5.41, 5.74) is 2.53. The van der Waals surface area contributed by atoms with Crippen molar-refractivity contribution in [2.75, 3.05) is 32.1 Å². The first-order valence-electron chi connectivity index (χ1n) is 8.78. The molecule has 0 spiro atoms. The number of rotatable bonds is 6. The van der Waals surface area contributed by atoms with Crippen molar-refractivity contribution in [3.05, 3.63) is 53.7 Å². The molecule has 1 fully saturated rings. The molecule has 3 rings (SSSR count). The molecule has 0 radical (unpaired) electrons. The third-order valence-corrected chi connectivity index (χ3v) is 4.63. The fraction of sp³-hybridized carbons (Fsp3) is 0.450. The van der Waals surface area contributed by atoms with Gasteiger partial charge >= 0.3 is 0 Å². The molecule has 0 aliphatic carbocycles. The molecular formula is C20H27N3O. The summed E-state index contributed by atoms with van der Waals surface area (Å²) in [5, 5.41) is 3.19. The highest BCUT2D eigenvalue weighted by Gasteiger charge is 2.21. The molecule has 0 unspecified atom stereocenters. The van der Waals surface area contributed by atoms with E-state index in [9.17, 15) is 0 Å². The lowest BCUT2D eigenvalue weighted by molar-refractivity contribution is 0.125. The fourth-order valence-corrected chi connectivity index (χ4v) is 3.31. The second-order valence-corrected chi connectivity index (χ2v) is 6.63. The summed E-state index contributed by atoms with van der Waals surface area (Å²) in [6.07, 6.45) is 4.31. The van der Waals surface area contributed by atoms with Crippen LogP contribution in [-0.2, 0) is 6.54 Å². The number of piperidine rings is 1. The Morgan fingerprint density at radius 2 is 2.08 bits per heavy atom. The maximum atomic E-state index is 5.99. The third-order valence-electron chi connectivity index (χ3n) is 4.63. The van der Waals surface area contributed by atoms with Gasteiger partial charge in [0.25, 0.3) is 0 Å². The molecule has 128 valence electrons. The minimum absolute atomic E-state index is 0.592. The van der Waals surface area contributed by atoms with Crippen molar-refractivity contribution in [3.8, 4) is 5.75 Å². The molecule has 1 aromatic heterocycles. The largest absolute Gasteiger partial charge is 0.493 e. The Balaban J connectivity index is 1.53. The number of ether oxygens (including phenoxy) is 1. The SMILES string of the molecule is CNc1ncccc1CN1CCC[C@@H](COc2ccc(C)cc2)C1. The summed E-state index contributed by atoms with van der Waals surface area (Å²) in [7, 11) is 1.93. The highest BCUT2D eigenvalue weighted by atomic mass is 16.5. The predicted molar refractivity (Wildman–Crippen MR) is 98.5 cm³/mol. The lowest BCUT2D eigenvalue weighted by atomic mass is 9.98. The van der Waals surface area contributed by atoms with Crippen LogP contribution in [0.3, 0.4) is 0 Å². The van der Waals surface area contributed by atoms with E-state index in [2.05, 4.69) is 52.5 Å². The van der Waals surface area contributed by atoms with Gasteiger partial charge in [-0.1, -0.05) is 23.8 Å². The molecule has 1 saturated heterocycles. The van der Waals surface area contributed by atoms with Crippen LogP contribution in [0.15, 0.2) is 42.6 Å². The Kier molecular flexibility index (Phi) is 5.70. The van der Waals surface area contributed by atoms with Crippen LogP contribution in [0, 0.1) is 12.8 Å². The quantitative estimate of drug-likeness (QED) is 0.878. The van der Waals surface area contributed by atoms with Crippen LogP contribution in [0.25, 0.3) is 0 Å². The lowest BCUT2D eigenvalue weighted by Crippen LogP contribution is -2.37. The number of hydrogen-bond acceptors (Lipinski definition) is 4. The maximum Gasteiger partial charge on any atom is 0.130 e. The molecule has 0 saturated carbocycles. The zero-order valence-corrected chi connectivity index (χ0v) is 14.7. The van der Waals surface area contributed by atoms with Crippen LogP contribution in [0.1, 0.15) is 24.0 Å². The van der Waals surface area contributed by atoms with Crippen LogP contribution in [-0.4, -0.2) is 36.6 Å². The number of pyridine rings is 1. The molecule has 4 heteroatoms. The van der Waals surface area contributed by atoms with Crippen molar-refractivity contribution in [1.29, 1.82) is 0 Å². The molecule has 4 nitrogen and oxygen atoms in total. The molecule has 1 aliphatic rings. The summed E-state index contributed by atoms with van der Waals surface area (Å²) >= 11 is 0. The van der Waals surface area contributed by atoms with Crippen LogP contribution in [0.2, 0.25) is 0 Å². The summed E-state index contributed by atoms with van der Waals surface area (Å²) in [5.74, 6) is 2.55. The Labute approximate surface area is 144 Å². The Hall–Kier alpha value is -2.07. The Morgan fingerprint density at radius 3 is 2.88 bits per heavy atom. The number of nitrogens with one attached hydrogen (secondary N) is 1. The van der Waals surface area contributed by atoms with E-state index < -0.39 is 0 Å². The highest BCUT2D eigenvalue weighted by molar-refractivity contribution is 5.42. The van der Waals surface area contributed by atoms with E-state index in [1.165, 1.54) is 24.0 Å². The number of hydrogen-bond donors (Lipinski definition) is 1. The second kappa shape index (κ2) is 8.15. The van der Waals surface area contributed by atoms with Crippen molar-refractivity contribution >= 4 is 5.82 Å². The second-order valence-electron chi connectivity index (χ2n) is 6.63. The standard InChI is InChI=1S/C20H27N3O/c1-16-7-9-19(10-8-16)24-15-17-5-4-12-23(13-17)14-18-6-3-11-22-20(18)21-2/h3,6-11,17H,4-5,12-15H2,1-2H3,(H,21,22)/t17-/m1/s1. The van der Waals surface area contributed by atoms with Gasteiger partial charge in [0.15, 0.2) is 0 Å².